The second-order valence-electron chi connectivity index (χ2n) is 9.28. The molecule has 0 aliphatic rings. The highest BCUT2D eigenvalue weighted by molar-refractivity contribution is 5.92. The number of benzene rings is 2. The van der Waals surface area contributed by atoms with Gasteiger partial charge in [0.25, 0.3) is 11.4 Å². The van der Waals surface area contributed by atoms with Crippen molar-refractivity contribution in [1.82, 2.24) is 0 Å². The molecule has 2 aromatic rings. The molecule has 0 radical (unpaired) electrons. The van der Waals surface area contributed by atoms with Gasteiger partial charge in [0.1, 0.15) is 5.75 Å². The van der Waals surface area contributed by atoms with Crippen molar-refractivity contribution in [2.24, 2.45) is 0 Å². The molecule has 8 heteroatoms. The summed E-state index contributed by atoms with van der Waals surface area (Å²) >= 11 is 0. The van der Waals surface area contributed by atoms with E-state index in [2.05, 4.69) is 6.92 Å². The maximum absolute atomic E-state index is 12.5. The Labute approximate surface area is 213 Å². The number of nitrogens with zero attached hydrogens (tertiary/aromatic N) is 2. The minimum atomic E-state index is -0.875. The average Bonchev–Trinajstić information content (AvgIpc) is 2.86. The Bertz CT molecular complexity index is 960. The quantitative estimate of drug-likeness (QED) is 0.0671. The summed E-state index contributed by atoms with van der Waals surface area (Å²) in [5.41, 5.74) is -0.272. The molecule has 0 unspecified atom stereocenters. The summed E-state index contributed by atoms with van der Waals surface area (Å²) in [4.78, 5) is 33.0. The van der Waals surface area contributed by atoms with Gasteiger partial charge in [0, 0.05) is 12.1 Å². The highest BCUT2D eigenvalue weighted by Gasteiger charge is 2.21. The van der Waals surface area contributed by atoms with Gasteiger partial charge in [-0.3, -0.25) is 20.2 Å². The second kappa shape index (κ2) is 16.4. The number of hydrogen-bond acceptors (Lipinski definition) is 6. The van der Waals surface area contributed by atoms with E-state index in [4.69, 9.17) is 4.74 Å². The highest BCUT2D eigenvalue weighted by atomic mass is 16.6. The van der Waals surface area contributed by atoms with Crippen molar-refractivity contribution in [3.63, 3.8) is 0 Å². The zero-order valence-electron chi connectivity index (χ0n) is 21.3. The van der Waals surface area contributed by atoms with Crippen LogP contribution in [0.5, 0.6) is 5.75 Å². The molecule has 2 aromatic carbocycles. The van der Waals surface area contributed by atoms with Gasteiger partial charge in [-0.15, -0.1) is 0 Å². The zero-order valence-corrected chi connectivity index (χ0v) is 21.3. The fourth-order valence-corrected chi connectivity index (χ4v) is 4.20. The number of hydrogen-bond donors (Lipinski definition) is 0. The number of nitro groups is 2. The number of aryl methyl sites for hydroxylation is 1. The SMILES string of the molecule is CCCCCCCCCCCCCCCc1cccc(OC(=O)c2cc([N+](=O)[O-])cc([N+](=O)[O-])c2)c1. The molecule has 0 spiro atoms. The Hall–Kier alpha value is -3.29. The summed E-state index contributed by atoms with van der Waals surface area (Å²) in [5, 5.41) is 22.1. The number of carbonyl (C=O) groups excluding carboxylic acids is 1. The number of carbonyl (C=O) groups is 1. The number of ether oxygens (including phenoxy) is 1. The topological polar surface area (TPSA) is 113 Å². The van der Waals surface area contributed by atoms with E-state index >= 15 is 0 Å². The molecule has 0 aliphatic carbocycles. The van der Waals surface area contributed by atoms with Crippen molar-refractivity contribution in [2.45, 2.75) is 96.8 Å². The summed E-state index contributed by atoms with van der Waals surface area (Å²) in [7, 11) is 0. The van der Waals surface area contributed by atoms with Gasteiger partial charge in [-0.1, -0.05) is 96.1 Å². The van der Waals surface area contributed by atoms with Gasteiger partial charge in [-0.25, -0.2) is 4.79 Å². The lowest BCUT2D eigenvalue weighted by atomic mass is 10.0. The van der Waals surface area contributed by atoms with E-state index < -0.39 is 27.2 Å². The van der Waals surface area contributed by atoms with E-state index in [1.54, 1.807) is 18.2 Å². The van der Waals surface area contributed by atoms with Crippen LogP contribution in [0.3, 0.4) is 0 Å². The van der Waals surface area contributed by atoms with Gasteiger partial charge in [-0.2, -0.15) is 0 Å². The number of esters is 1. The van der Waals surface area contributed by atoms with Crippen LogP contribution in [0.4, 0.5) is 11.4 Å². The van der Waals surface area contributed by atoms with Crippen LogP contribution in [0, 0.1) is 20.2 Å². The summed E-state index contributed by atoms with van der Waals surface area (Å²) in [5.74, 6) is -0.568. The van der Waals surface area contributed by atoms with Gasteiger partial charge in [0.05, 0.1) is 21.5 Å². The summed E-state index contributed by atoms with van der Waals surface area (Å²) < 4.78 is 5.35. The molecule has 0 amide bonds. The van der Waals surface area contributed by atoms with Gasteiger partial charge in [-0.05, 0) is 30.5 Å². The Morgan fingerprint density at radius 3 is 1.72 bits per heavy atom. The predicted molar refractivity (Wildman–Crippen MR) is 141 cm³/mol. The number of nitro benzene ring substituents is 2. The fourth-order valence-electron chi connectivity index (χ4n) is 4.20. The first-order valence-electron chi connectivity index (χ1n) is 13.2. The molecular weight excluding hydrogens is 460 g/mol. The smallest absolute Gasteiger partial charge is 0.344 e. The first-order valence-corrected chi connectivity index (χ1v) is 13.2. The van der Waals surface area contributed by atoms with Crippen LogP contribution < -0.4 is 4.74 Å². The first-order chi connectivity index (χ1) is 17.4. The summed E-state index contributed by atoms with van der Waals surface area (Å²) in [6.07, 6.45) is 17.7. The van der Waals surface area contributed by atoms with Crippen LogP contribution in [0.15, 0.2) is 42.5 Å². The lowest BCUT2D eigenvalue weighted by Gasteiger charge is -2.07. The molecule has 0 saturated carbocycles. The standard InChI is InChI=1S/C28H38N2O6/c1-2-3-4-5-6-7-8-9-10-11-12-13-14-16-23-17-15-18-27(19-23)36-28(31)24-20-25(29(32)33)22-26(21-24)30(34)35/h15,17-22H,2-14,16H2,1H3. The molecule has 0 aromatic heterocycles. The van der Waals surface area contributed by atoms with Crippen LogP contribution in [0.25, 0.3) is 0 Å². The maximum atomic E-state index is 12.5. The van der Waals surface area contributed by atoms with Crippen molar-refractivity contribution in [3.8, 4) is 5.75 Å². The predicted octanol–water partition coefficient (Wildman–Crippen LogP) is 8.36. The lowest BCUT2D eigenvalue weighted by molar-refractivity contribution is -0.394. The minimum absolute atomic E-state index is 0.238. The van der Waals surface area contributed by atoms with Crippen LogP contribution in [-0.2, 0) is 6.42 Å². The molecular formula is C28H38N2O6. The Balaban J connectivity index is 1.71. The van der Waals surface area contributed by atoms with E-state index in [0.29, 0.717) is 5.75 Å². The third kappa shape index (κ3) is 11.0. The van der Waals surface area contributed by atoms with E-state index in [1.807, 2.05) is 6.07 Å². The molecule has 36 heavy (non-hydrogen) atoms. The molecule has 0 atom stereocenters. The average molecular weight is 499 g/mol. The molecule has 8 nitrogen and oxygen atoms in total. The van der Waals surface area contributed by atoms with Gasteiger partial charge in [0.2, 0.25) is 0 Å². The summed E-state index contributed by atoms with van der Waals surface area (Å²) in [6.45, 7) is 2.25. The highest BCUT2D eigenvalue weighted by Crippen LogP contribution is 2.24. The first kappa shape index (κ1) is 28.9. The van der Waals surface area contributed by atoms with Gasteiger partial charge < -0.3 is 4.74 Å². The van der Waals surface area contributed by atoms with Crippen molar-refractivity contribution < 1.29 is 19.4 Å². The van der Waals surface area contributed by atoms with Crippen LogP contribution >= 0.6 is 0 Å². The molecule has 196 valence electrons. The van der Waals surface area contributed by atoms with Gasteiger partial charge >= 0.3 is 5.97 Å². The minimum Gasteiger partial charge on any atom is -0.423 e. The Kier molecular flexibility index (Phi) is 13.2. The van der Waals surface area contributed by atoms with Gasteiger partial charge in [0.15, 0.2) is 0 Å². The zero-order chi connectivity index (χ0) is 26.2. The van der Waals surface area contributed by atoms with E-state index in [0.717, 1.165) is 43.0 Å². The van der Waals surface area contributed by atoms with Crippen molar-refractivity contribution >= 4 is 17.3 Å². The molecule has 0 fully saturated rings. The second-order valence-corrected chi connectivity index (χ2v) is 9.28. The largest absolute Gasteiger partial charge is 0.423 e. The number of rotatable bonds is 18. The number of unbranched alkanes of at least 4 members (excludes halogenated alkanes) is 12. The van der Waals surface area contributed by atoms with Crippen LogP contribution in [-0.4, -0.2) is 15.8 Å². The van der Waals surface area contributed by atoms with Crippen molar-refractivity contribution in [1.29, 1.82) is 0 Å². The monoisotopic (exact) mass is 498 g/mol. The molecule has 0 aliphatic heterocycles. The molecule has 0 saturated heterocycles. The van der Waals surface area contributed by atoms with E-state index in [-0.39, 0.29) is 5.56 Å². The Morgan fingerprint density at radius 2 is 1.22 bits per heavy atom. The third-order valence-electron chi connectivity index (χ3n) is 6.24. The normalized spacial score (nSPS) is 10.8. The molecule has 0 bridgehead atoms. The number of non-ortho nitro benzene ring substituents is 2. The van der Waals surface area contributed by atoms with Crippen LogP contribution in [0.2, 0.25) is 0 Å². The van der Waals surface area contributed by atoms with E-state index in [9.17, 15) is 25.0 Å². The summed E-state index contributed by atoms with van der Waals surface area (Å²) in [6, 6.07) is 9.92. The van der Waals surface area contributed by atoms with Crippen molar-refractivity contribution in [3.05, 3.63) is 73.8 Å². The molecule has 0 N–H and O–H groups in total. The fraction of sp³-hybridized carbons (Fsp3) is 0.536. The van der Waals surface area contributed by atoms with Crippen LogP contribution in [0.1, 0.15) is 106 Å². The Morgan fingerprint density at radius 1 is 0.722 bits per heavy atom. The van der Waals surface area contributed by atoms with E-state index in [1.165, 1.54) is 70.6 Å². The third-order valence-corrected chi connectivity index (χ3v) is 6.24. The molecule has 2 rings (SSSR count). The molecule has 0 heterocycles. The lowest BCUT2D eigenvalue weighted by Crippen LogP contribution is -2.10. The van der Waals surface area contributed by atoms with Crippen molar-refractivity contribution in [2.75, 3.05) is 0 Å². The maximum Gasteiger partial charge on any atom is 0.344 e.